The molecule has 1 heterocycles. The summed E-state index contributed by atoms with van der Waals surface area (Å²) in [5.74, 6) is 2.83. The van der Waals surface area contributed by atoms with Crippen molar-refractivity contribution >= 4 is 17.6 Å². The largest absolute Gasteiger partial charge is 0.373 e. The second kappa shape index (κ2) is 6.74. The molecule has 0 saturated heterocycles. The molecule has 0 aliphatic carbocycles. The van der Waals surface area contributed by atoms with Gasteiger partial charge >= 0.3 is 0 Å². The third-order valence-electron chi connectivity index (χ3n) is 2.70. The summed E-state index contributed by atoms with van der Waals surface area (Å²) in [5.41, 5.74) is 1.23. The standard InChI is InChI=1S/C12H21N3S/c1-5-9(3)7-16-12-10(6-2)11(13-4)14-8-15-12/h8-9H,5-7H2,1-4H3,(H,13,14,15). The van der Waals surface area contributed by atoms with E-state index >= 15 is 0 Å². The van der Waals surface area contributed by atoms with E-state index in [0.717, 1.165) is 28.9 Å². The van der Waals surface area contributed by atoms with Gasteiger partial charge in [0.1, 0.15) is 17.2 Å². The van der Waals surface area contributed by atoms with Gasteiger partial charge in [0.25, 0.3) is 0 Å². The van der Waals surface area contributed by atoms with Crippen LogP contribution in [0.4, 0.5) is 5.82 Å². The molecule has 16 heavy (non-hydrogen) atoms. The Balaban J connectivity index is 2.78. The molecule has 0 aliphatic heterocycles. The summed E-state index contributed by atoms with van der Waals surface area (Å²) in [6.45, 7) is 6.65. The molecule has 90 valence electrons. The molecule has 0 spiro atoms. The summed E-state index contributed by atoms with van der Waals surface area (Å²) in [5, 5.41) is 4.25. The summed E-state index contributed by atoms with van der Waals surface area (Å²) in [6, 6.07) is 0. The molecule has 1 N–H and O–H groups in total. The van der Waals surface area contributed by atoms with Crippen LogP contribution in [-0.4, -0.2) is 22.8 Å². The van der Waals surface area contributed by atoms with Crippen LogP contribution in [0, 0.1) is 5.92 Å². The molecular weight excluding hydrogens is 218 g/mol. The molecule has 0 saturated carbocycles. The lowest BCUT2D eigenvalue weighted by molar-refractivity contribution is 0.636. The van der Waals surface area contributed by atoms with Gasteiger partial charge in [-0.3, -0.25) is 0 Å². The highest BCUT2D eigenvalue weighted by atomic mass is 32.2. The molecule has 0 bridgehead atoms. The van der Waals surface area contributed by atoms with Crippen LogP contribution in [0.5, 0.6) is 0 Å². The average Bonchev–Trinajstić information content (AvgIpc) is 2.34. The molecule has 1 atom stereocenters. The van der Waals surface area contributed by atoms with E-state index in [4.69, 9.17) is 0 Å². The minimum absolute atomic E-state index is 0.739. The van der Waals surface area contributed by atoms with Gasteiger partial charge in [-0.2, -0.15) is 0 Å². The number of thioether (sulfide) groups is 1. The number of nitrogens with one attached hydrogen (secondary N) is 1. The summed E-state index contributed by atoms with van der Waals surface area (Å²) in [7, 11) is 1.91. The smallest absolute Gasteiger partial charge is 0.133 e. The molecule has 1 aromatic rings. The lowest BCUT2D eigenvalue weighted by Gasteiger charge is -2.12. The van der Waals surface area contributed by atoms with E-state index in [-0.39, 0.29) is 0 Å². The van der Waals surface area contributed by atoms with Crippen molar-refractivity contribution < 1.29 is 0 Å². The Morgan fingerprint density at radius 3 is 2.69 bits per heavy atom. The maximum Gasteiger partial charge on any atom is 0.133 e. The van der Waals surface area contributed by atoms with Crippen LogP contribution in [0.3, 0.4) is 0 Å². The Labute approximate surface area is 102 Å². The molecule has 0 fully saturated rings. The van der Waals surface area contributed by atoms with E-state index in [0.29, 0.717) is 0 Å². The molecule has 1 unspecified atom stereocenters. The van der Waals surface area contributed by atoms with Crippen molar-refractivity contribution in [2.24, 2.45) is 5.92 Å². The van der Waals surface area contributed by atoms with Gasteiger partial charge in [0.2, 0.25) is 0 Å². The van der Waals surface area contributed by atoms with E-state index in [1.165, 1.54) is 12.0 Å². The van der Waals surface area contributed by atoms with Gasteiger partial charge in [0.05, 0.1) is 0 Å². The van der Waals surface area contributed by atoms with Crippen LogP contribution in [0.15, 0.2) is 11.4 Å². The molecule has 4 heteroatoms. The SMILES string of the molecule is CCc1c(NC)ncnc1SCC(C)CC. The molecule has 0 amide bonds. The first-order valence-electron chi connectivity index (χ1n) is 5.87. The predicted molar refractivity (Wildman–Crippen MR) is 71.1 cm³/mol. The lowest BCUT2D eigenvalue weighted by atomic mass is 10.2. The van der Waals surface area contributed by atoms with Gasteiger partial charge in [-0.1, -0.05) is 27.2 Å². The zero-order chi connectivity index (χ0) is 12.0. The monoisotopic (exact) mass is 239 g/mol. The van der Waals surface area contributed by atoms with Crippen LogP contribution in [0.25, 0.3) is 0 Å². The van der Waals surface area contributed by atoms with Crippen molar-refractivity contribution in [2.75, 3.05) is 18.1 Å². The fourth-order valence-corrected chi connectivity index (χ4v) is 2.61. The van der Waals surface area contributed by atoms with Crippen molar-refractivity contribution in [2.45, 2.75) is 38.6 Å². The molecule has 0 radical (unpaired) electrons. The van der Waals surface area contributed by atoms with Gasteiger partial charge in [0.15, 0.2) is 0 Å². The summed E-state index contributed by atoms with van der Waals surface area (Å²) in [6.07, 6.45) is 3.84. The number of nitrogens with zero attached hydrogens (tertiary/aromatic N) is 2. The van der Waals surface area contributed by atoms with E-state index < -0.39 is 0 Å². The van der Waals surface area contributed by atoms with Gasteiger partial charge in [-0.15, -0.1) is 11.8 Å². The molecule has 0 aliphatic rings. The number of rotatable bonds is 6. The van der Waals surface area contributed by atoms with Crippen molar-refractivity contribution in [3.05, 3.63) is 11.9 Å². The third kappa shape index (κ3) is 3.37. The van der Waals surface area contributed by atoms with Crippen molar-refractivity contribution in [3.63, 3.8) is 0 Å². The van der Waals surface area contributed by atoms with Gasteiger partial charge < -0.3 is 5.32 Å². The van der Waals surface area contributed by atoms with E-state index in [1.54, 1.807) is 6.33 Å². The normalized spacial score (nSPS) is 12.5. The maximum atomic E-state index is 4.38. The molecule has 1 rings (SSSR count). The van der Waals surface area contributed by atoms with Gasteiger partial charge in [0, 0.05) is 18.4 Å². The number of aromatic nitrogens is 2. The second-order valence-corrected chi connectivity index (χ2v) is 4.94. The Hall–Kier alpha value is -0.770. The van der Waals surface area contributed by atoms with Crippen molar-refractivity contribution in [1.82, 2.24) is 9.97 Å². The Morgan fingerprint density at radius 2 is 2.12 bits per heavy atom. The first-order chi connectivity index (χ1) is 7.72. The van der Waals surface area contributed by atoms with Gasteiger partial charge in [-0.25, -0.2) is 9.97 Å². The highest BCUT2D eigenvalue weighted by Crippen LogP contribution is 2.27. The minimum Gasteiger partial charge on any atom is -0.373 e. The molecule has 0 aromatic carbocycles. The maximum absolute atomic E-state index is 4.38. The average molecular weight is 239 g/mol. The summed E-state index contributed by atoms with van der Waals surface area (Å²) >= 11 is 1.84. The Morgan fingerprint density at radius 1 is 1.38 bits per heavy atom. The Kier molecular flexibility index (Phi) is 5.60. The zero-order valence-electron chi connectivity index (χ0n) is 10.6. The topological polar surface area (TPSA) is 37.8 Å². The molecule has 1 aromatic heterocycles. The highest BCUT2D eigenvalue weighted by Gasteiger charge is 2.10. The van der Waals surface area contributed by atoms with Crippen molar-refractivity contribution in [3.8, 4) is 0 Å². The minimum atomic E-state index is 0.739. The van der Waals surface area contributed by atoms with Crippen LogP contribution < -0.4 is 5.32 Å². The third-order valence-corrected chi connectivity index (χ3v) is 4.06. The summed E-state index contributed by atoms with van der Waals surface area (Å²) in [4.78, 5) is 8.62. The quantitative estimate of drug-likeness (QED) is 0.611. The summed E-state index contributed by atoms with van der Waals surface area (Å²) < 4.78 is 0. The van der Waals surface area contributed by atoms with Crippen molar-refractivity contribution in [1.29, 1.82) is 0 Å². The van der Waals surface area contributed by atoms with E-state index in [9.17, 15) is 0 Å². The number of hydrogen-bond acceptors (Lipinski definition) is 4. The fourth-order valence-electron chi connectivity index (χ4n) is 1.39. The zero-order valence-corrected chi connectivity index (χ0v) is 11.4. The van der Waals surface area contributed by atoms with Crippen LogP contribution in [0.2, 0.25) is 0 Å². The fraction of sp³-hybridized carbons (Fsp3) is 0.667. The highest BCUT2D eigenvalue weighted by molar-refractivity contribution is 7.99. The van der Waals surface area contributed by atoms with Crippen LogP contribution >= 0.6 is 11.8 Å². The van der Waals surface area contributed by atoms with E-state index in [2.05, 4.69) is 36.1 Å². The van der Waals surface area contributed by atoms with Crippen LogP contribution in [0.1, 0.15) is 32.8 Å². The Bertz CT molecular complexity index is 328. The number of hydrogen-bond donors (Lipinski definition) is 1. The second-order valence-electron chi connectivity index (χ2n) is 3.93. The molecule has 3 nitrogen and oxygen atoms in total. The number of anilines is 1. The van der Waals surface area contributed by atoms with Gasteiger partial charge in [-0.05, 0) is 12.3 Å². The molecular formula is C12H21N3S. The first kappa shape index (κ1) is 13.3. The first-order valence-corrected chi connectivity index (χ1v) is 6.85. The van der Waals surface area contributed by atoms with Crippen LogP contribution in [-0.2, 0) is 6.42 Å². The van der Waals surface area contributed by atoms with E-state index in [1.807, 2.05) is 18.8 Å². The lowest BCUT2D eigenvalue weighted by Crippen LogP contribution is -2.03. The predicted octanol–water partition coefficient (Wildman–Crippen LogP) is 3.22.